The molecule has 0 aromatic carbocycles. The van der Waals surface area contributed by atoms with Gasteiger partial charge in [0.05, 0.1) is 92.1 Å². The molecule has 18 N–H and O–H groups in total. The molecule has 3 aliphatic rings. The van der Waals surface area contributed by atoms with Crippen LogP contribution in [-0.2, 0) is 38.6 Å². The summed E-state index contributed by atoms with van der Waals surface area (Å²) in [6.45, 7) is 12.0. The van der Waals surface area contributed by atoms with Gasteiger partial charge in [-0.15, -0.1) is 0 Å². The van der Waals surface area contributed by atoms with E-state index in [1.54, 1.807) is 32.9 Å². The Kier molecular flexibility index (Phi) is 47.0. The number of allylic oxidation sites excluding steroid dienone is 11. The first-order valence-corrected chi connectivity index (χ1v) is 36.3. The van der Waals surface area contributed by atoms with E-state index in [9.17, 15) is 105 Å². The number of ether oxygens (including phenoxy) is 2. The topological polar surface area (TPSA) is 485 Å². The summed E-state index contributed by atoms with van der Waals surface area (Å²) in [5, 5.41) is 194. The minimum absolute atomic E-state index is 0. The molecule has 0 amide bonds. The van der Waals surface area contributed by atoms with E-state index in [1.165, 1.54) is 6.08 Å². The van der Waals surface area contributed by atoms with Crippen LogP contribution < -0.4 is 29.6 Å². The van der Waals surface area contributed by atoms with Crippen molar-refractivity contribution in [2.75, 3.05) is 6.61 Å². The number of aliphatic hydroxyl groups is 18. The Morgan fingerprint density at radius 2 is 1.19 bits per heavy atom. The molecular formula is C71H119NaO27S. The summed E-state index contributed by atoms with van der Waals surface area (Å²) in [5.41, 5.74) is 0.517. The zero-order valence-corrected chi connectivity index (χ0v) is 61.5. The fourth-order valence-electron chi connectivity index (χ4n) is 12.4. The number of ketones is 1. The quantitative estimate of drug-likeness (QED) is 0.00652. The Balaban J connectivity index is 0.0000340. The van der Waals surface area contributed by atoms with Crippen molar-refractivity contribution in [2.45, 2.75) is 321 Å². The average molecular weight is 1460 g/mol. The van der Waals surface area contributed by atoms with E-state index in [2.05, 4.69) is 23.4 Å². The van der Waals surface area contributed by atoms with Crippen molar-refractivity contribution in [1.29, 1.82) is 0 Å². The van der Waals surface area contributed by atoms with Crippen molar-refractivity contribution in [2.24, 2.45) is 11.8 Å². The molecule has 0 bridgehead atoms. The van der Waals surface area contributed by atoms with Gasteiger partial charge in [-0.3, -0.25) is 8.98 Å². The van der Waals surface area contributed by atoms with Crippen LogP contribution in [0.1, 0.15) is 175 Å². The van der Waals surface area contributed by atoms with Crippen molar-refractivity contribution in [3.63, 3.8) is 0 Å². The Bertz CT molecular complexity index is 2570. The van der Waals surface area contributed by atoms with Crippen molar-refractivity contribution in [3.05, 3.63) is 97.2 Å². The molecule has 26 atom stereocenters. The number of Topliss-reactive ketones (excluding diaryl/α,β-unsaturated/α-hetero) is 1. The SMILES string of the molecule is C=C/C=C/CC/C=C/C=C/C=C/CC/C=C/C1OOC2C(O)CC(C(O)C(O)C(=C)CCC(O)C3CC(O)C(O)C(C(O)C(O)/C=C(\C)CCC(O)CC(O)C(O)C(C)CC(O)C(O)CC(C)CCC(O)CC(=O)CC(O)CCCC(CCCCC(O)CO)OS(=O)(=O)[O-])O3)OC2C1O.[Na+]. The molecule has 3 rings (SSSR count). The van der Waals surface area contributed by atoms with Crippen molar-refractivity contribution in [3.8, 4) is 0 Å². The molecule has 26 unspecified atom stereocenters. The molecule has 0 saturated carbocycles. The molecule has 100 heavy (non-hydrogen) atoms. The van der Waals surface area contributed by atoms with E-state index < -0.39 is 175 Å². The van der Waals surface area contributed by atoms with Gasteiger partial charge in [-0.05, 0) is 133 Å². The van der Waals surface area contributed by atoms with Gasteiger partial charge in [-0.25, -0.2) is 18.2 Å². The summed E-state index contributed by atoms with van der Waals surface area (Å²) in [6, 6.07) is 0. The van der Waals surface area contributed by atoms with Crippen molar-refractivity contribution >= 4 is 16.2 Å². The third-order valence-electron chi connectivity index (χ3n) is 18.5. The van der Waals surface area contributed by atoms with E-state index in [0.717, 1.165) is 12.8 Å². The minimum atomic E-state index is -5.00. The van der Waals surface area contributed by atoms with Crippen LogP contribution in [0.4, 0.5) is 0 Å². The minimum Gasteiger partial charge on any atom is -0.726 e. The monoisotopic (exact) mass is 1460 g/mol. The Morgan fingerprint density at radius 3 is 1.82 bits per heavy atom. The van der Waals surface area contributed by atoms with Crippen LogP contribution in [-0.4, -0.2) is 264 Å². The van der Waals surface area contributed by atoms with Crippen molar-refractivity contribution in [1.82, 2.24) is 0 Å². The predicted octanol–water partition coefficient (Wildman–Crippen LogP) is -1.13. The van der Waals surface area contributed by atoms with Gasteiger partial charge in [0.25, 0.3) is 0 Å². The normalized spacial score (nSPS) is 27.6. The van der Waals surface area contributed by atoms with Crippen LogP contribution in [0.5, 0.6) is 0 Å². The number of carbonyl (C=O) groups excluding carboxylic acids is 1. The molecule has 0 aliphatic carbocycles. The summed E-state index contributed by atoms with van der Waals surface area (Å²) in [5.74, 6) is -1.41. The molecule has 0 radical (unpaired) electrons. The van der Waals surface area contributed by atoms with Gasteiger partial charge in [0.1, 0.15) is 66.8 Å². The third-order valence-corrected chi connectivity index (χ3v) is 19.0. The molecule has 3 heterocycles. The zero-order valence-electron chi connectivity index (χ0n) is 58.7. The molecule has 3 saturated heterocycles. The molecule has 3 fully saturated rings. The number of aliphatic hydroxyl groups excluding tert-OH is 18. The number of hydrogen-bond acceptors (Lipinski definition) is 27. The molecule has 29 heteroatoms. The number of rotatable bonds is 51. The fraction of sp³-hybridized carbons (Fsp3) is 0.761. The number of unbranched alkanes of at least 4 members (excludes halogenated alkanes) is 3. The summed E-state index contributed by atoms with van der Waals surface area (Å²) in [7, 11) is -5.00. The Morgan fingerprint density at radius 1 is 0.610 bits per heavy atom. The molecule has 27 nitrogen and oxygen atoms in total. The third kappa shape index (κ3) is 36.2. The maximum absolute atomic E-state index is 12.6. The number of carbonyl (C=O) groups is 1. The molecule has 3 aliphatic heterocycles. The maximum Gasteiger partial charge on any atom is 1.00 e. The maximum atomic E-state index is 12.6. The van der Waals surface area contributed by atoms with E-state index in [-0.39, 0.29) is 150 Å². The molecule has 0 aromatic rings. The Hall–Kier alpha value is -2.42. The van der Waals surface area contributed by atoms with E-state index >= 15 is 0 Å². The van der Waals surface area contributed by atoms with E-state index in [1.807, 2.05) is 48.6 Å². The Labute approximate surface area is 612 Å². The van der Waals surface area contributed by atoms with Gasteiger partial charge in [-0.1, -0.05) is 118 Å². The summed E-state index contributed by atoms with van der Waals surface area (Å²) in [4.78, 5) is 23.4. The van der Waals surface area contributed by atoms with Gasteiger partial charge in [-0.2, -0.15) is 0 Å². The molecule has 572 valence electrons. The zero-order chi connectivity index (χ0) is 73.9. The van der Waals surface area contributed by atoms with Crippen LogP contribution in [0.25, 0.3) is 0 Å². The van der Waals surface area contributed by atoms with Crippen LogP contribution in [0.3, 0.4) is 0 Å². The smallest absolute Gasteiger partial charge is 0.726 e. The summed E-state index contributed by atoms with van der Waals surface area (Å²) in [6.07, 6.45) is -5.63. The van der Waals surface area contributed by atoms with Crippen LogP contribution in [0, 0.1) is 11.8 Å². The van der Waals surface area contributed by atoms with Gasteiger partial charge >= 0.3 is 29.6 Å². The number of hydrogen-bond donors (Lipinski definition) is 18. The molecule has 0 aromatic heterocycles. The van der Waals surface area contributed by atoms with Gasteiger partial charge in [0.15, 0.2) is 0 Å². The summed E-state index contributed by atoms with van der Waals surface area (Å²) < 4.78 is 50.1. The van der Waals surface area contributed by atoms with Crippen LogP contribution in [0.15, 0.2) is 97.2 Å². The van der Waals surface area contributed by atoms with Crippen LogP contribution in [0.2, 0.25) is 0 Å². The van der Waals surface area contributed by atoms with E-state index in [4.69, 9.17) is 24.4 Å². The number of fused-ring (bicyclic) bond motifs is 1. The first kappa shape index (κ1) is 93.7. The fourth-order valence-corrected chi connectivity index (χ4v) is 12.9. The van der Waals surface area contributed by atoms with E-state index in [0.29, 0.717) is 37.7 Å². The standard InChI is InChI=1S/C71H120O27S.Na/c1-6-7-8-9-10-11-12-13-14-15-16-17-18-19-27-60-68(90)71-69(97-96-60)59(84)41-62(95-71)67(89)64(86)45(4)30-33-53(78)61-40-58(83)66(88)70(94-61)65(87)56(81)35-44(3)29-32-49(75)39-57(82)63(85)46(5)36-55(80)54(79)34-43(2)28-31-48(74)38-51(77)37-47(73)24-22-26-52(98-99(91,92)93)25-21-20-23-50(76)42-72;/h6-8,11-16,19,27,35,43,46-50,52-76,78-90H,1,4,9-10,17-18,20-26,28-34,36-42H2,2-3,5H3,(H,91,92,93);/q;+1/p-1/b8-7+,12-11+,14-13+,16-15+,27-19+,44-35+;. The van der Waals surface area contributed by atoms with Crippen LogP contribution >= 0.6 is 0 Å². The largest absolute Gasteiger partial charge is 1.00 e. The predicted molar refractivity (Wildman–Crippen MR) is 364 cm³/mol. The molecule has 0 spiro atoms. The summed E-state index contributed by atoms with van der Waals surface area (Å²) >= 11 is 0. The molecular weight excluding hydrogens is 1340 g/mol. The average Bonchev–Trinajstić information content (AvgIpc) is 0.786. The van der Waals surface area contributed by atoms with Gasteiger partial charge in [0, 0.05) is 32.1 Å². The second-order valence-corrected chi connectivity index (χ2v) is 28.4. The van der Waals surface area contributed by atoms with Crippen molar-refractivity contribution < 1.29 is 163 Å². The van der Waals surface area contributed by atoms with Gasteiger partial charge in [0.2, 0.25) is 10.4 Å². The second kappa shape index (κ2) is 50.2. The first-order chi connectivity index (χ1) is 46.8. The first-order valence-electron chi connectivity index (χ1n) is 35.0. The van der Waals surface area contributed by atoms with Gasteiger partial charge < -0.3 is 106 Å². The second-order valence-electron chi connectivity index (χ2n) is 27.4.